The normalized spacial score (nSPS) is 18.1. The van der Waals surface area contributed by atoms with E-state index < -0.39 is 0 Å². The fourth-order valence-corrected chi connectivity index (χ4v) is 3.25. The van der Waals surface area contributed by atoms with Gasteiger partial charge in [0.2, 0.25) is 0 Å². The zero-order valence-corrected chi connectivity index (χ0v) is 11.6. The van der Waals surface area contributed by atoms with Gasteiger partial charge in [-0.3, -0.25) is 9.78 Å². The molecular formula is C17H20N2O. The number of fused-ring (bicyclic) bond motifs is 1. The molecule has 2 aromatic rings. The molecule has 3 heteroatoms. The summed E-state index contributed by atoms with van der Waals surface area (Å²) >= 11 is 0. The molecule has 3 rings (SSSR count). The Bertz CT molecular complexity index is 630. The number of ketones is 1. The van der Waals surface area contributed by atoms with Crippen LogP contribution in [0.2, 0.25) is 0 Å². The first-order valence-corrected chi connectivity index (χ1v) is 7.35. The minimum absolute atomic E-state index is 0.179. The third-order valence-corrected chi connectivity index (χ3v) is 4.54. The fourth-order valence-electron chi connectivity index (χ4n) is 3.25. The number of carbonyl (C=O) groups excluding carboxylic acids is 1. The molecule has 1 aromatic carbocycles. The van der Waals surface area contributed by atoms with E-state index >= 15 is 0 Å². The molecule has 1 aromatic heterocycles. The standard InChI is InChI=1S/C17H20N2O/c18-12-17(8-4-1-5-9-17)16(20)14-10-13-6-2-3-7-15(13)19-11-14/h2-3,6-7,10-11H,1,4-5,8-9,12,18H2. The average molecular weight is 268 g/mol. The van der Waals surface area contributed by atoms with Crippen LogP contribution >= 0.6 is 0 Å². The number of para-hydroxylation sites is 1. The fraction of sp³-hybridized carbons (Fsp3) is 0.412. The van der Waals surface area contributed by atoms with Crippen molar-refractivity contribution in [3.8, 4) is 0 Å². The van der Waals surface area contributed by atoms with Crippen molar-refractivity contribution in [3.05, 3.63) is 42.1 Å². The summed E-state index contributed by atoms with van der Waals surface area (Å²) in [5, 5.41) is 1.02. The Labute approximate surface area is 119 Å². The topological polar surface area (TPSA) is 56.0 Å². The van der Waals surface area contributed by atoms with E-state index in [-0.39, 0.29) is 11.2 Å². The third kappa shape index (κ3) is 2.22. The van der Waals surface area contributed by atoms with E-state index in [2.05, 4.69) is 4.98 Å². The molecule has 1 heterocycles. The molecule has 0 saturated heterocycles. The first-order valence-electron chi connectivity index (χ1n) is 7.35. The first-order chi connectivity index (χ1) is 9.75. The molecule has 2 N–H and O–H groups in total. The summed E-state index contributed by atoms with van der Waals surface area (Å²) in [6, 6.07) is 9.84. The Morgan fingerprint density at radius 1 is 1.20 bits per heavy atom. The number of hydrogen-bond donors (Lipinski definition) is 1. The quantitative estimate of drug-likeness (QED) is 0.869. The zero-order valence-electron chi connectivity index (χ0n) is 11.6. The van der Waals surface area contributed by atoms with E-state index in [4.69, 9.17) is 5.73 Å². The van der Waals surface area contributed by atoms with Gasteiger partial charge in [-0.25, -0.2) is 0 Å². The van der Waals surface area contributed by atoms with Gasteiger partial charge in [0, 0.05) is 29.1 Å². The second-order valence-corrected chi connectivity index (χ2v) is 5.79. The molecule has 0 amide bonds. The van der Waals surface area contributed by atoms with Crippen molar-refractivity contribution < 1.29 is 4.79 Å². The predicted octanol–water partition coefficient (Wildman–Crippen LogP) is 3.33. The summed E-state index contributed by atoms with van der Waals surface area (Å²) in [4.78, 5) is 17.3. The van der Waals surface area contributed by atoms with Crippen molar-refractivity contribution in [2.45, 2.75) is 32.1 Å². The van der Waals surface area contributed by atoms with Crippen LogP contribution < -0.4 is 5.73 Å². The van der Waals surface area contributed by atoms with Gasteiger partial charge in [0.15, 0.2) is 5.78 Å². The lowest BCUT2D eigenvalue weighted by atomic mass is 9.69. The van der Waals surface area contributed by atoms with E-state index in [1.807, 2.05) is 30.3 Å². The van der Waals surface area contributed by atoms with Crippen LogP contribution in [-0.2, 0) is 0 Å². The molecule has 0 atom stereocenters. The van der Waals surface area contributed by atoms with Gasteiger partial charge in [-0.1, -0.05) is 37.5 Å². The van der Waals surface area contributed by atoms with Gasteiger partial charge < -0.3 is 5.73 Å². The van der Waals surface area contributed by atoms with Crippen molar-refractivity contribution in [3.63, 3.8) is 0 Å². The lowest BCUT2D eigenvalue weighted by Crippen LogP contribution is -2.40. The van der Waals surface area contributed by atoms with E-state index in [9.17, 15) is 4.79 Å². The highest BCUT2D eigenvalue weighted by atomic mass is 16.1. The van der Waals surface area contributed by atoms with Crippen molar-refractivity contribution >= 4 is 16.7 Å². The maximum Gasteiger partial charge on any atom is 0.171 e. The minimum atomic E-state index is -0.359. The second kappa shape index (κ2) is 5.33. The summed E-state index contributed by atoms with van der Waals surface area (Å²) in [6.45, 7) is 0.443. The smallest absolute Gasteiger partial charge is 0.171 e. The molecule has 0 aliphatic heterocycles. The lowest BCUT2D eigenvalue weighted by molar-refractivity contribution is 0.0729. The van der Waals surface area contributed by atoms with Crippen LogP contribution in [0.1, 0.15) is 42.5 Å². The van der Waals surface area contributed by atoms with Gasteiger partial charge in [0.05, 0.1) is 5.52 Å². The summed E-state index contributed by atoms with van der Waals surface area (Å²) in [5.41, 5.74) is 7.22. The largest absolute Gasteiger partial charge is 0.329 e. The average Bonchev–Trinajstić information content (AvgIpc) is 2.54. The molecule has 1 aliphatic carbocycles. The molecule has 1 aliphatic rings. The first kappa shape index (κ1) is 13.3. The number of benzene rings is 1. The van der Waals surface area contributed by atoms with Crippen LogP contribution in [0.15, 0.2) is 36.5 Å². The van der Waals surface area contributed by atoms with Gasteiger partial charge >= 0.3 is 0 Å². The van der Waals surface area contributed by atoms with Crippen LogP contribution in [0.25, 0.3) is 10.9 Å². The van der Waals surface area contributed by atoms with E-state index in [0.29, 0.717) is 12.1 Å². The van der Waals surface area contributed by atoms with Crippen molar-refractivity contribution in [1.82, 2.24) is 4.98 Å². The van der Waals surface area contributed by atoms with E-state index in [1.165, 1.54) is 6.42 Å². The molecule has 1 saturated carbocycles. The number of hydrogen-bond acceptors (Lipinski definition) is 3. The molecule has 3 nitrogen and oxygen atoms in total. The van der Waals surface area contributed by atoms with Crippen molar-refractivity contribution in [1.29, 1.82) is 0 Å². The van der Waals surface area contributed by atoms with Gasteiger partial charge in [-0.05, 0) is 25.0 Å². The summed E-state index contributed by atoms with van der Waals surface area (Å²) in [7, 11) is 0. The third-order valence-electron chi connectivity index (χ3n) is 4.54. The van der Waals surface area contributed by atoms with Crippen LogP contribution in [0.5, 0.6) is 0 Å². The van der Waals surface area contributed by atoms with Gasteiger partial charge in [-0.15, -0.1) is 0 Å². The Hall–Kier alpha value is -1.74. The maximum atomic E-state index is 12.9. The minimum Gasteiger partial charge on any atom is -0.329 e. The summed E-state index contributed by atoms with van der Waals surface area (Å²) < 4.78 is 0. The zero-order chi connectivity index (χ0) is 14.0. The highest BCUT2D eigenvalue weighted by molar-refractivity contribution is 6.02. The SMILES string of the molecule is NCC1(C(=O)c2cnc3ccccc3c2)CCCCC1. The van der Waals surface area contributed by atoms with Gasteiger partial charge in [0.25, 0.3) is 0 Å². The second-order valence-electron chi connectivity index (χ2n) is 5.79. The number of nitrogens with zero attached hydrogens (tertiary/aromatic N) is 1. The number of carbonyl (C=O) groups is 1. The molecule has 0 radical (unpaired) electrons. The van der Waals surface area contributed by atoms with Crippen LogP contribution in [0.4, 0.5) is 0 Å². The van der Waals surface area contributed by atoms with Crippen molar-refractivity contribution in [2.24, 2.45) is 11.1 Å². The van der Waals surface area contributed by atoms with Gasteiger partial charge in [-0.2, -0.15) is 0 Å². The highest BCUT2D eigenvalue weighted by Gasteiger charge is 2.38. The molecule has 0 bridgehead atoms. The maximum absolute atomic E-state index is 12.9. The summed E-state index contributed by atoms with van der Waals surface area (Å²) in [5.74, 6) is 0.179. The van der Waals surface area contributed by atoms with Crippen LogP contribution in [0, 0.1) is 5.41 Å². The van der Waals surface area contributed by atoms with E-state index in [0.717, 1.165) is 36.6 Å². The predicted molar refractivity (Wildman–Crippen MR) is 80.6 cm³/mol. The molecule has 104 valence electrons. The molecule has 0 spiro atoms. The van der Waals surface area contributed by atoms with Gasteiger partial charge in [0.1, 0.15) is 0 Å². The number of aromatic nitrogens is 1. The summed E-state index contributed by atoms with van der Waals surface area (Å²) in [6.07, 6.45) is 6.94. The molecular weight excluding hydrogens is 248 g/mol. The molecule has 0 unspecified atom stereocenters. The number of Topliss-reactive ketones (excluding diaryl/α,β-unsaturated/α-hetero) is 1. The Morgan fingerprint density at radius 2 is 1.95 bits per heavy atom. The number of nitrogens with two attached hydrogens (primary N) is 1. The Morgan fingerprint density at radius 3 is 2.70 bits per heavy atom. The number of pyridine rings is 1. The van der Waals surface area contributed by atoms with Crippen LogP contribution in [0.3, 0.4) is 0 Å². The molecule has 20 heavy (non-hydrogen) atoms. The number of rotatable bonds is 3. The van der Waals surface area contributed by atoms with Crippen LogP contribution in [-0.4, -0.2) is 17.3 Å². The van der Waals surface area contributed by atoms with E-state index in [1.54, 1.807) is 6.20 Å². The lowest BCUT2D eigenvalue weighted by Gasteiger charge is -2.34. The molecule has 1 fully saturated rings. The van der Waals surface area contributed by atoms with Crippen molar-refractivity contribution in [2.75, 3.05) is 6.54 Å². The Kier molecular flexibility index (Phi) is 3.53. The highest BCUT2D eigenvalue weighted by Crippen LogP contribution is 2.38. The monoisotopic (exact) mass is 268 g/mol. The Balaban J connectivity index is 1.98.